The summed E-state index contributed by atoms with van der Waals surface area (Å²) >= 11 is 1.85. The van der Waals surface area contributed by atoms with Crippen LogP contribution in [0, 0.1) is 5.41 Å². The molecule has 4 heteroatoms. The van der Waals surface area contributed by atoms with Gasteiger partial charge in [-0.3, -0.25) is 4.99 Å². The Morgan fingerprint density at radius 3 is 2.69 bits per heavy atom. The molecule has 0 bridgehead atoms. The van der Waals surface area contributed by atoms with Crippen molar-refractivity contribution in [3.63, 3.8) is 0 Å². The highest BCUT2D eigenvalue weighted by Crippen LogP contribution is 2.26. The summed E-state index contributed by atoms with van der Waals surface area (Å²) in [5.41, 5.74) is 0.366. The second-order valence-electron chi connectivity index (χ2n) is 5.58. The van der Waals surface area contributed by atoms with Crippen LogP contribution >= 0.6 is 11.8 Å². The van der Waals surface area contributed by atoms with Crippen LogP contribution in [0.4, 0.5) is 0 Å². The van der Waals surface area contributed by atoms with Crippen LogP contribution < -0.4 is 5.32 Å². The number of amidine groups is 1. The number of hydrogen-bond acceptors (Lipinski definition) is 4. The standard InChI is InChI=1S/C12H25N3S/c1-10(2)15(5)7-6-13-11-14-8-12(3,4)9-16-11/h10H,6-9H2,1-5H3,(H,13,14). The number of hydrogen-bond donors (Lipinski definition) is 1. The van der Waals surface area contributed by atoms with Crippen molar-refractivity contribution in [1.29, 1.82) is 0 Å². The van der Waals surface area contributed by atoms with E-state index in [9.17, 15) is 0 Å². The third-order valence-corrected chi connectivity index (χ3v) is 4.35. The molecule has 0 saturated carbocycles. The molecule has 1 rings (SSSR count). The maximum Gasteiger partial charge on any atom is 0.156 e. The molecule has 0 unspecified atom stereocenters. The molecule has 0 saturated heterocycles. The monoisotopic (exact) mass is 243 g/mol. The van der Waals surface area contributed by atoms with E-state index >= 15 is 0 Å². The highest BCUT2D eigenvalue weighted by Gasteiger charge is 2.23. The molecule has 16 heavy (non-hydrogen) atoms. The van der Waals surface area contributed by atoms with Crippen LogP contribution in [0.2, 0.25) is 0 Å². The molecule has 0 aromatic carbocycles. The lowest BCUT2D eigenvalue weighted by Crippen LogP contribution is -2.37. The molecule has 3 nitrogen and oxygen atoms in total. The number of nitrogens with one attached hydrogen (secondary N) is 1. The Labute approximate surface area is 104 Å². The molecule has 0 spiro atoms. The molecule has 94 valence electrons. The molecule has 0 amide bonds. The minimum absolute atomic E-state index is 0.366. The number of nitrogens with zero attached hydrogens (tertiary/aromatic N) is 2. The van der Waals surface area contributed by atoms with Crippen molar-refractivity contribution in [3.8, 4) is 0 Å². The first-order valence-electron chi connectivity index (χ1n) is 6.02. The summed E-state index contributed by atoms with van der Waals surface area (Å²) < 4.78 is 0. The highest BCUT2D eigenvalue weighted by molar-refractivity contribution is 8.13. The Morgan fingerprint density at radius 2 is 2.19 bits per heavy atom. The summed E-state index contributed by atoms with van der Waals surface area (Å²) in [4.78, 5) is 6.91. The molecule has 0 aromatic rings. The van der Waals surface area contributed by atoms with Crippen molar-refractivity contribution in [1.82, 2.24) is 10.2 Å². The molecule has 0 atom stereocenters. The number of aliphatic imine (C=N–C) groups is 1. The van der Waals surface area contributed by atoms with Gasteiger partial charge in [-0.1, -0.05) is 25.6 Å². The number of thioether (sulfide) groups is 1. The smallest absolute Gasteiger partial charge is 0.156 e. The maximum absolute atomic E-state index is 4.57. The van der Waals surface area contributed by atoms with E-state index in [-0.39, 0.29) is 0 Å². The van der Waals surface area contributed by atoms with E-state index in [2.05, 4.69) is 50.0 Å². The SMILES string of the molecule is CC(C)N(C)CCNC1=NCC(C)(C)CS1. The third-order valence-electron chi connectivity index (χ3n) is 2.87. The van der Waals surface area contributed by atoms with Gasteiger partial charge in [-0.05, 0) is 26.3 Å². The first-order chi connectivity index (χ1) is 7.41. The Kier molecular flexibility index (Phi) is 5.12. The average molecular weight is 243 g/mol. The number of likely N-dealkylation sites (N-methyl/N-ethyl adjacent to an activating group) is 1. The van der Waals surface area contributed by atoms with Crippen molar-refractivity contribution < 1.29 is 0 Å². The van der Waals surface area contributed by atoms with Gasteiger partial charge >= 0.3 is 0 Å². The second kappa shape index (κ2) is 5.92. The van der Waals surface area contributed by atoms with Crippen LogP contribution in [0.25, 0.3) is 0 Å². The van der Waals surface area contributed by atoms with Gasteiger partial charge in [0.1, 0.15) is 0 Å². The van der Waals surface area contributed by atoms with E-state index in [0.717, 1.165) is 24.8 Å². The summed E-state index contributed by atoms with van der Waals surface area (Å²) in [6, 6.07) is 0.613. The van der Waals surface area contributed by atoms with Gasteiger partial charge in [0.05, 0.1) is 0 Å². The zero-order chi connectivity index (χ0) is 12.2. The zero-order valence-corrected chi connectivity index (χ0v) is 12.0. The fourth-order valence-corrected chi connectivity index (χ4v) is 2.32. The average Bonchev–Trinajstić information content (AvgIpc) is 2.20. The summed E-state index contributed by atoms with van der Waals surface area (Å²) in [6.45, 7) is 12.0. The Hall–Kier alpha value is -0.220. The zero-order valence-electron chi connectivity index (χ0n) is 11.2. The van der Waals surface area contributed by atoms with Crippen molar-refractivity contribution in [3.05, 3.63) is 0 Å². The Balaban J connectivity index is 2.22. The normalized spacial score (nSPS) is 20.1. The van der Waals surface area contributed by atoms with Gasteiger partial charge in [0.25, 0.3) is 0 Å². The van der Waals surface area contributed by atoms with Crippen molar-refractivity contribution in [2.24, 2.45) is 10.4 Å². The second-order valence-corrected chi connectivity index (χ2v) is 6.54. The molecule has 1 heterocycles. The van der Waals surface area contributed by atoms with Crippen LogP contribution in [0.1, 0.15) is 27.7 Å². The molecule has 1 aliphatic heterocycles. The predicted molar refractivity (Wildman–Crippen MR) is 74.3 cm³/mol. The molecular weight excluding hydrogens is 218 g/mol. The van der Waals surface area contributed by atoms with Gasteiger partial charge < -0.3 is 10.2 Å². The predicted octanol–water partition coefficient (Wildman–Crippen LogP) is 2.05. The summed E-state index contributed by atoms with van der Waals surface area (Å²) in [5.74, 6) is 1.17. The molecular formula is C12H25N3S. The van der Waals surface area contributed by atoms with Crippen LogP contribution in [-0.4, -0.2) is 48.5 Å². The van der Waals surface area contributed by atoms with Crippen LogP contribution in [0.5, 0.6) is 0 Å². The largest absolute Gasteiger partial charge is 0.364 e. The molecule has 1 N–H and O–H groups in total. The Bertz CT molecular complexity index is 249. The highest BCUT2D eigenvalue weighted by atomic mass is 32.2. The van der Waals surface area contributed by atoms with Gasteiger partial charge in [-0.25, -0.2) is 0 Å². The van der Waals surface area contributed by atoms with E-state index in [4.69, 9.17) is 0 Å². The maximum atomic E-state index is 4.57. The topological polar surface area (TPSA) is 27.6 Å². The lowest BCUT2D eigenvalue weighted by molar-refractivity contribution is 0.278. The van der Waals surface area contributed by atoms with Crippen molar-refractivity contribution >= 4 is 16.9 Å². The lowest BCUT2D eigenvalue weighted by atomic mass is 9.97. The van der Waals surface area contributed by atoms with E-state index in [1.807, 2.05) is 11.8 Å². The molecule has 0 aliphatic carbocycles. The molecule has 0 aromatic heterocycles. The minimum atomic E-state index is 0.366. The van der Waals surface area contributed by atoms with Crippen LogP contribution in [0.15, 0.2) is 4.99 Å². The van der Waals surface area contributed by atoms with E-state index < -0.39 is 0 Å². The van der Waals surface area contributed by atoms with E-state index in [0.29, 0.717) is 11.5 Å². The minimum Gasteiger partial charge on any atom is -0.364 e. The van der Waals surface area contributed by atoms with Gasteiger partial charge in [-0.15, -0.1) is 0 Å². The van der Waals surface area contributed by atoms with Crippen molar-refractivity contribution in [2.75, 3.05) is 32.4 Å². The van der Waals surface area contributed by atoms with E-state index in [1.165, 1.54) is 5.75 Å². The fraction of sp³-hybridized carbons (Fsp3) is 0.917. The first kappa shape index (κ1) is 13.8. The number of rotatable bonds is 4. The third kappa shape index (κ3) is 4.74. The van der Waals surface area contributed by atoms with Gasteiger partial charge in [-0.2, -0.15) is 0 Å². The van der Waals surface area contributed by atoms with Crippen molar-refractivity contribution in [2.45, 2.75) is 33.7 Å². The molecule has 0 fully saturated rings. The summed E-state index contributed by atoms with van der Waals surface area (Å²) in [6.07, 6.45) is 0. The van der Waals surface area contributed by atoms with Crippen LogP contribution in [-0.2, 0) is 0 Å². The fourth-order valence-electron chi connectivity index (χ4n) is 1.35. The lowest BCUT2D eigenvalue weighted by Gasteiger charge is -2.28. The van der Waals surface area contributed by atoms with E-state index in [1.54, 1.807) is 0 Å². The summed E-state index contributed by atoms with van der Waals surface area (Å²) in [7, 11) is 2.16. The van der Waals surface area contributed by atoms with Gasteiger partial charge in [0.15, 0.2) is 5.17 Å². The summed E-state index contributed by atoms with van der Waals surface area (Å²) in [5, 5.41) is 4.54. The van der Waals surface area contributed by atoms with Gasteiger partial charge in [0, 0.05) is 31.4 Å². The molecule has 1 aliphatic rings. The molecule has 0 radical (unpaired) electrons. The van der Waals surface area contributed by atoms with Crippen LogP contribution in [0.3, 0.4) is 0 Å². The first-order valence-corrected chi connectivity index (χ1v) is 7.01. The Morgan fingerprint density at radius 1 is 1.50 bits per heavy atom. The van der Waals surface area contributed by atoms with Gasteiger partial charge in [0.2, 0.25) is 0 Å². The quantitative estimate of drug-likeness (QED) is 0.819.